The molecule has 0 saturated heterocycles. The molecule has 0 aliphatic rings. The average Bonchev–Trinajstić information content (AvgIpc) is 3.46. The molecule has 7 nitrogen and oxygen atoms in total. The normalized spacial score (nSPS) is 12.7. The molecule has 0 aliphatic heterocycles. The number of ether oxygens (including phenoxy) is 1. The predicted molar refractivity (Wildman–Crippen MR) is 141 cm³/mol. The molecule has 2 aromatic heterocycles. The van der Waals surface area contributed by atoms with Gasteiger partial charge in [-0.1, -0.05) is 66.7 Å². The van der Waals surface area contributed by atoms with E-state index in [0.29, 0.717) is 32.6 Å². The van der Waals surface area contributed by atoms with Gasteiger partial charge in [-0.05, 0) is 46.4 Å². The van der Waals surface area contributed by atoms with Gasteiger partial charge < -0.3 is 14.4 Å². The molecule has 0 saturated carbocycles. The molecule has 0 aliphatic carbocycles. The molecule has 178 valence electrons. The minimum atomic E-state index is -3.86. The molecule has 0 amide bonds. The summed E-state index contributed by atoms with van der Waals surface area (Å²) in [6, 6.07) is 25.2. The number of hydrogen-bond donors (Lipinski definition) is 1. The predicted octanol–water partition coefficient (Wildman–Crippen LogP) is 4.94. The van der Waals surface area contributed by atoms with Gasteiger partial charge in [0.15, 0.2) is 0 Å². The van der Waals surface area contributed by atoms with Crippen LogP contribution in [0.5, 0.6) is 0 Å². The zero-order valence-electron chi connectivity index (χ0n) is 18.5. The van der Waals surface area contributed by atoms with Crippen molar-refractivity contribution in [3.63, 3.8) is 0 Å². The minimum absolute atomic E-state index is 0.173. The van der Waals surface area contributed by atoms with Gasteiger partial charge in [0, 0.05) is 23.3 Å². The zero-order chi connectivity index (χ0) is 24.4. The molecule has 5 rings (SSSR count). The number of rotatable bonds is 8. The molecule has 35 heavy (non-hydrogen) atoms. The first-order valence-electron chi connectivity index (χ1n) is 10.9. The highest BCUT2D eigenvalue weighted by Gasteiger charge is 2.26. The molecular formula is C26H22IN3O4S. The van der Waals surface area contributed by atoms with Crippen LogP contribution in [0.4, 0.5) is 0 Å². The quantitative estimate of drug-likeness (QED) is 0.256. The maximum absolute atomic E-state index is 13.4. The first kappa shape index (κ1) is 23.7. The maximum atomic E-state index is 13.4. The maximum Gasteiger partial charge on any atom is 0.268 e. The number of para-hydroxylation sites is 1. The lowest BCUT2D eigenvalue weighted by Gasteiger charge is -2.13. The third-order valence-corrected chi connectivity index (χ3v) is 7.88. The van der Waals surface area contributed by atoms with Crippen LogP contribution >= 0.6 is 22.6 Å². The van der Waals surface area contributed by atoms with Crippen LogP contribution in [0.1, 0.15) is 23.1 Å². The number of imidazole rings is 1. The lowest BCUT2D eigenvalue weighted by molar-refractivity contribution is 0.0572. The number of hydrogen-bond acceptors (Lipinski definition) is 5. The minimum Gasteiger partial charge on any atom is -0.380 e. The standard InChI is InChI=1S/C26H22IN3O4S/c27-24-16-29(18-34-17-19-9-3-1-4-10-19)26(28-24)25(31)22-15-30(23-14-8-7-13-21(22)23)35(32,33)20-11-5-2-6-12-20/h1-16,25,31H,17-18H2. The first-order valence-corrected chi connectivity index (χ1v) is 13.4. The van der Waals surface area contributed by atoms with Gasteiger partial charge >= 0.3 is 0 Å². The second kappa shape index (κ2) is 9.94. The van der Waals surface area contributed by atoms with Gasteiger partial charge in [-0.15, -0.1) is 0 Å². The van der Waals surface area contributed by atoms with Crippen molar-refractivity contribution in [2.75, 3.05) is 0 Å². The Labute approximate surface area is 216 Å². The molecule has 9 heteroatoms. The van der Waals surface area contributed by atoms with E-state index < -0.39 is 16.1 Å². The van der Waals surface area contributed by atoms with Gasteiger partial charge in [-0.3, -0.25) is 0 Å². The molecule has 0 spiro atoms. The van der Waals surface area contributed by atoms with Gasteiger partial charge in [0.05, 0.1) is 17.0 Å². The van der Waals surface area contributed by atoms with Crippen LogP contribution in [0.2, 0.25) is 0 Å². The number of fused-ring (bicyclic) bond motifs is 1. The number of aliphatic hydroxyl groups is 1. The number of halogens is 1. The van der Waals surface area contributed by atoms with E-state index in [1.807, 2.05) is 36.4 Å². The zero-order valence-corrected chi connectivity index (χ0v) is 21.5. The Kier molecular flexibility index (Phi) is 6.74. The molecule has 0 radical (unpaired) electrons. The fourth-order valence-electron chi connectivity index (χ4n) is 3.99. The van der Waals surface area contributed by atoms with E-state index in [2.05, 4.69) is 27.6 Å². The third-order valence-electron chi connectivity index (χ3n) is 5.67. The molecule has 3 aromatic carbocycles. The van der Waals surface area contributed by atoms with Crippen LogP contribution in [0.25, 0.3) is 10.9 Å². The highest BCUT2D eigenvalue weighted by atomic mass is 127. The first-order chi connectivity index (χ1) is 16.9. The molecule has 0 bridgehead atoms. The summed E-state index contributed by atoms with van der Waals surface area (Å²) in [7, 11) is -3.86. The average molecular weight is 599 g/mol. The van der Waals surface area contributed by atoms with Crippen molar-refractivity contribution < 1.29 is 18.3 Å². The third kappa shape index (κ3) is 4.76. The second-order valence-electron chi connectivity index (χ2n) is 7.97. The van der Waals surface area contributed by atoms with Gasteiger partial charge in [-0.25, -0.2) is 17.4 Å². The second-order valence-corrected chi connectivity index (χ2v) is 10.9. The van der Waals surface area contributed by atoms with Crippen molar-refractivity contribution in [2.24, 2.45) is 0 Å². The summed E-state index contributed by atoms with van der Waals surface area (Å²) >= 11 is 2.09. The lowest BCUT2D eigenvalue weighted by atomic mass is 10.1. The van der Waals surface area contributed by atoms with Crippen LogP contribution < -0.4 is 0 Å². The Morgan fingerprint density at radius 2 is 1.57 bits per heavy atom. The summed E-state index contributed by atoms with van der Waals surface area (Å²) in [5.41, 5.74) is 1.98. The van der Waals surface area contributed by atoms with Crippen molar-refractivity contribution in [3.8, 4) is 0 Å². The highest BCUT2D eigenvalue weighted by molar-refractivity contribution is 14.1. The van der Waals surface area contributed by atoms with Gasteiger partial charge in [0.2, 0.25) is 0 Å². The monoisotopic (exact) mass is 599 g/mol. The fraction of sp³-hybridized carbons (Fsp3) is 0.115. The Morgan fingerprint density at radius 1 is 0.914 bits per heavy atom. The van der Waals surface area contributed by atoms with Crippen molar-refractivity contribution in [1.29, 1.82) is 0 Å². The van der Waals surface area contributed by atoms with E-state index >= 15 is 0 Å². The van der Waals surface area contributed by atoms with Gasteiger partial charge in [0.25, 0.3) is 10.0 Å². The molecule has 5 aromatic rings. The van der Waals surface area contributed by atoms with Crippen molar-refractivity contribution in [2.45, 2.75) is 24.3 Å². The number of aromatic nitrogens is 3. The van der Waals surface area contributed by atoms with Crippen LogP contribution in [0.3, 0.4) is 0 Å². The Bertz CT molecular complexity index is 1560. The van der Waals surface area contributed by atoms with Crippen molar-refractivity contribution in [3.05, 3.63) is 118 Å². The summed E-state index contributed by atoms with van der Waals surface area (Å²) in [6.07, 6.45) is 2.12. The Hall–Kier alpha value is -2.99. The fourth-order valence-corrected chi connectivity index (χ4v) is 5.97. The van der Waals surface area contributed by atoms with Crippen LogP contribution in [0.15, 0.2) is 102 Å². The lowest BCUT2D eigenvalue weighted by Crippen LogP contribution is -2.13. The summed E-state index contributed by atoms with van der Waals surface area (Å²) in [5.74, 6) is 0.377. The topological polar surface area (TPSA) is 86.4 Å². The highest BCUT2D eigenvalue weighted by Crippen LogP contribution is 2.33. The Morgan fingerprint density at radius 3 is 2.31 bits per heavy atom. The molecule has 1 unspecified atom stereocenters. The molecule has 2 heterocycles. The largest absolute Gasteiger partial charge is 0.380 e. The summed E-state index contributed by atoms with van der Waals surface area (Å²) in [6.45, 7) is 0.609. The van der Waals surface area contributed by atoms with Crippen molar-refractivity contribution in [1.82, 2.24) is 13.5 Å². The van der Waals surface area contributed by atoms with Crippen LogP contribution in [-0.2, 0) is 28.1 Å². The molecular weight excluding hydrogens is 577 g/mol. The number of benzene rings is 3. The smallest absolute Gasteiger partial charge is 0.268 e. The van der Waals surface area contributed by atoms with Crippen LogP contribution in [0, 0.1) is 3.70 Å². The van der Waals surface area contributed by atoms with E-state index in [0.717, 1.165) is 5.56 Å². The molecule has 0 fully saturated rings. The van der Waals surface area contributed by atoms with Crippen LogP contribution in [-0.4, -0.2) is 27.0 Å². The summed E-state index contributed by atoms with van der Waals surface area (Å²) < 4.78 is 36.3. The van der Waals surface area contributed by atoms with E-state index in [1.54, 1.807) is 59.3 Å². The van der Waals surface area contributed by atoms with E-state index in [9.17, 15) is 13.5 Å². The van der Waals surface area contributed by atoms with Crippen molar-refractivity contribution >= 4 is 43.5 Å². The van der Waals surface area contributed by atoms with E-state index in [1.165, 1.54) is 10.2 Å². The number of aliphatic hydroxyl groups excluding tert-OH is 1. The molecule has 1 N–H and O–H groups in total. The van der Waals surface area contributed by atoms with E-state index in [-0.39, 0.29) is 11.6 Å². The van der Waals surface area contributed by atoms with Gasteiger partial charge in [0.1, 0.15) is 22.4 Å². The summed E-state index contributed by atoms with van der Waals surface area (Å²) in [5, 5.41) is 12.0. The Balaban J connectivity index is 1.50. The molecule has 1 atom stereocenters. The number of nitrogens with zero attached hydrogens (tertiary/aromatic N) is 3. The van der Waals surface area contributed by atoms with E-state index in [4.69, 9.17) is 4.74 Å². The summed E-state index contributed by atoms with van der Waals surface area (Å²) in [4.78, 5) is 4.68. The van der Waals surface area contributed by atoms with Gasteiger partial charge in [-0.2, -0.15) is 0 Å². The SMILES string of the molecule is O=S(=O)(c1ccccc1)n1cc(C(O)c2nc(I)cn2COCc2ccccc2)c2ccccc21.